The number of carbonyl (C=O) groups excluding carboxylic acids is 1. The molecule has 2 aromatic carbocycles. The number of methoxy groups -OCH3 is 1. The molecule has 20 heavy (non-hydrogen) atoms. The van der Waals surface area contributed by atoms with Crippen LogP contribution in [0.5, 0.6) is 11.5 Å². The standard InChI is InChI=1S/C16H13NO3/c1-19-16(18)13-10-11-6-5-9-14(15(11)17-13)20-12-7-3-2-4-8-12/h2-10,17H,1H3. The Bertz CT molecular complexity index is 747. The summed E-state index contributed by atoms with van der Waals surface area (Å²) < 4.78 is 10.5. The van der Waals surface area contributed by atoms with Crippen LogP contribution in [0.15, 0.2) is 54.6 Å². The van der Waals surface area contributed by atoms with Crippen LogP contribution in [0.4, 0.5) is 0 Å². The quantitative estimate of drug-likeness (QED) is 0.735. The lowest BCUT2D eigenvalue weighted by Gasteiger charge is -2.06. The second-order valence-electron chi connectivity index (χ2n) is 4.31. The molecule has 100 valence electrons. The van der Waals surface area contributed by atoms with Crippen LogP contribution < -0.4 is 4.74 Å². The van der Waals surface area contributed by atoms with E-state index in [9.17, 15) is 4.79 Å². The van der Waals surface area contributed by atoms with Crippen molar-refractivity contribution in [2.24, 2.45) is 0 Å². The largest absolute Gasteiger partial charge is 0.464 e. The molecule has 4 heteroatoms. The number of nitrogens with one attached hydrogen (secondary N) is 1. The van der Waals surface area contributed by atoms with E-state index in [1.165, 1.54) is 7.11 Å². The van der Waals surface area contributed by atoms with Crippen LogP contribution in [0, 0.1) is 0 Å². The van der Waals surface area contributed by atoms with Gasteiger partial charge in [0.25, 0.3) is 0 Å². The van der Waals surface area contributed by atoms with Crippen LogP contribution in [-0.4, -0.2) is 18.1 Å². The maximum atomic E-state index is 11.6. The number of fused-ring (bicyclic) bond motifs is 1. The Hall–Kier alpha value is -2.75. The van der Waals surface area contributed by atoms with Crippen molar-refractivity contribution < 1.29 is 14.3 Å². The number of aromatic nitrogens is 1. The first kappa shape index (κ1) is 12.3. The minimum atomic E-state index is -0.396. The molecule has 1 N–H and O–H groups in total. The highest BCUT2D eigenvalue weighted by molar-refractivity contribution is 5.96. The van der Waals surface area contributed by atoms with Gasteiger partial charge in [-0.2, -0.15) is 0 Å². The summed E-state index contributed by atoms with van der Waals surface area (Å²) in [5.74, 6) is 1.02. The molecule has 0 amide bonds. The zero-order chi connectivity index (χ0) is 13.9. The molecule has 4 nitrogen and oxygen atoms in total. The van der Waals surface area contributed by atoms with Crippen molar-refractivity contribution in [1.82, 2.24) is 4.98 Å². The van der Waals surface area contributed by atoms with Crippen molar-refractivity contribution in [3.63, 3.8) is 0 Å². The highest BCUT2D eigenvalue weighted by atomic mass is 16.5. The molecule has 0 spiro atoms. The maximum Gasteiger partial charge on any atom is 0.354 e. The third-order valence-electron chi connectivity index (χ3n) is 2.99. The molecule has 0 unspecified atom stereocenters. The fourth-order valence-electron chi connectivity index (χ4n) is 2.05. The summed E-state index contributed by atoms with van der Waals surface area (Å²) in [6.45, 7) is 0. The van der Waals surface area contributed by atoms with Gasteiger partial charge in [0.05, 0.1) is 12.6 Å². The van der Waals surface area contributed by atoms with Crippen LogP contribution >= 0.6 is 0 Å². The smallest absolute Gasteiger partial charge is 0.354 e. The first-order chi connectivity index (χ1) is 9.78. The van der Waals surface area contributed by atoms with Gasteiger partial charge in [0.1, 0.15) is 11.4 Å². The van der Waals surface area contributed by atoms with Gasteiger partial charge in [0.15, 0.2) is 5.75 Å². The molecule has 3 rings (SSSR count). The van der Waals surface area contributed by atoms with Crippen molar-refractivity contribution in [3.8, 4) is 11.5 Å². The van der Waals surface area contributed by atoms with E-state index in [4.69, 9.17) is 9.47 Å². The minimum absolute atomic E-state index is 0.396. The van der Waals surface area contributed by atoms with E-state index in [1.807, 2.05) is 48.5 Å². The number of carbonyl (C=O) groups is 1. The van der Waals surface area contributed by atoms with Crippen molar-refractivity contribution in [3.05, 3.63) is 60.3 Å². The summed E-state index contributed by atoms with van der Waals surface area (Å²) in [7, 11) is 1.36. The highest BCUT2D eigenvalue weighted by Gasteiger charge is 2.12. The Morgan fingerprint density at radius 1 is 1.05 bits per heavy atom. The second kappa shape index (κ2) is 5.09. The molecule has 0 aliphatic carbocycles. The Labute approximate surface area is 115 Å². The molecule has 0 saturated carbocycles. The minimum Gasteiger partial charge on any atom is -0.464 e. The summed E-state index contributed by atoms with van der Waals surface area (Å²) in [6, 6.07) is 16.9. The molecule has 0 bridgehead atoms. The predicted molar refractivity (Wildman–Crippen MR) is 76.2 cm³/mol. The number of H-pyrrole nitrogens is 1. The summed E-state index contributed by atoms with van der Waals surface area (Å²) in [5, 5.41) is 0.902. The van der Waals surface area contributed by atoms with Crippen LogP contribution in [0.3, 0.4) is 0 Å². The molecule has 0 saturated heterocycles. The fraction of sp³-hybridized carbons (Fsp3) is 0.0625. The van der Waals surface area contributed by atoms with Gasteiger partial charge in [-0.25, -0.2) is 4.79 Å². The Balaban J connectivity index is 2.03. The third kappa shape index (κ3) is 2.23. The number of benzene rings is 2. The molecule has 1 heterocycles. The molecular formula is C16H13NO3. The van der Waals surface area contributed by atoms with Gasteiger partial charge in [-0.1, -0.05) is 30.3 Å². The van der Waals surface area contributed by atoms with E-state index in [0.29, 0.717) is 11.4 Å². The van der Waals surface area contributed by atoms with Crippen molar-refractivity contribution >= 4 is 16.9 Å². The lowest BCUT2D eigenvalue weighted by molar-refractivity contribution is 0.0595. The van der Waals surface area contributed by atoms with Crippen LogP contribution in [0.25, 0.3) is 10.9 Å². The topological polar surface area (TPSA) is 51.3 Å². The van der Waals surface area contributed by atoms with Crippen LogP contribution in [0.2, 0.25) is 0 Å². The van der Waals surface area contributed by atoms with E-state index >= 15 is 0 Å². The molecule has 3 aromatic rings. The normalized spacial score (nSPS) is 10.4. The molecule has 0 aliphatic heterocycles. The Morgan fingerprint density at radius 3 is 2.60 bits per heavy atom. The van der Waals surface area contributed by atoms with Gasteiger partial charge < -0.3 is 14.5 Å². The lowest BCUT2D eigenvalue weighted by Crippen LogP contribution is -2.00. The zero-order valence-electron chi connectivity index (χ0n) is 10.9. The molecular weight excluding hydrogens is 254 g/mol. The van der Waals surface area contributed by atoms with Gasteiger partial charge >= 0.3 is 5.97 Å². The van der Waals surface area contributed by atoms with Crippen molar-refractivity contribution in [1.29, 1.82) is 0 Å². The van der Waals surface area contributed by atoms with Crippen LogP contribution in [-0.2, 0) is 4.74 Å². The molecule has 0 atom stereocenters. The molecule has 0 aliphatic rings. The number of hydrogen-bond acceptors (Lipinski definition) is 3. The lowest BCUT2D eigenvalue weighted by atomic mass is 10.2. The fourth-order valence-corrected chi connectivity index (χ4v) is 2.05. The van der Waals surface area contributed by atoms with Gasteiger partial charge in [0.2, 0.25) is 0 Å². The Morgan fingerprint density at radius 2 is 1.85 bits per heavy atom. The zero-order valence-corrected chi connectivity index (χ0v) is 10.9. The van der Waals surface area contributed by atoms with Crippen molar-refractivity contribution in [2.75, 3.05) is 7.11 Å². The summed E-state index contributed by atoms with van der Waals surface area (Å²) >= 11 is 0. The number of rotatable bonds is 3. The molecule has 0 fully saturated rings. The summed E-state index contributed by atoms with van der Waals surface area (Å²) in [4.78, 5) is 14.6. The average Bonchev–Trinajstić information content (AvgIpc) is 2.93. The summed E-state index contributed by atoms with van der Waals surface area (Å²) in [6.07, 6.45) is 0. The number of ether oxygens (including phenoxy) is 2. The van der Waals surface area contributed by atoms with E-state index in [-0.39, 0.29) is 0 Å². The number of esters is 1. The van der Waals surface area contributed by atoms with E-state index in [0.717, 1.165) is 16.7 Å². The summed E-state index contributed by atoms with van der Waals surface area (Å²) in [5.41, 5.74) is 1.18. The third-order valence-corrected chi connectivity index (χ3v) is 2.99. The first-order valence-corrected chi connectivity index (χ1v) is 6.21. The maximum absolute atomic E-state index is 11.6. The predicted octanol–water partition coefficient (Wildman–Crippen LogP) is 3.75. The number of hydrogen-bond donors (Lipinski definition) is 1. The molecule has 1 aromatic heterocycles. The average molecular weight is 267 g/mol. The van der Waals surface area contributed by atoms with E-state index in [1.54, 1.807) is 6.07 Å². The van der Waals surface area contributed by atoms with E-state index < -0.39 is 5.97 Å². The number of aromatic amines is 1. The van der Waals surface area contributed by atoms with Gasteiger partial charge in [-0.15, -0.1) is 0 Å². The highest BCUT2D eigenvalue weighted by Crippen LogP contribution is 2.29. The van der Waals surface area contributed by atoms with Crippen molar-refractivity contribution in [2.45, 2.75) is 0 Å². The van der Waals surface area contributed by atoms with Gasteiger partial charge in [0, 0.05) is 5.39 Å². The SMILES string of the molecule is COC(=O)c1cc2cccc(Oc3ccccc3)c2[nH]1. The monoisotopic (exact) mass is 267 g/mol. The second-order valence-corrected chi connectivity index (χ2v) is 4.31. The first-order valence-electron chi connectivity index (χ1n) is 6.21. The van der Waals surface area contributed by atoms with E-state index in [2.05, 4.69) is 4.98 Å². The van der Waals surface area contributed by atoms with Gasteiger partial charge in [-0.3, -0.25) is 0 Å². The Kier molecular flexibility index (Phi) is 3.13. The number of para-hydroxylation sites is 2. The van der Waals surface area contributed by atoms with Gasteiger partial charge in [-0.05, 0) is 24.3 Å². The molecule has 0 radical (unpaired) electrons. The van der Waals surface area contributed by atoms with Crippen LogP contribution in [0.1, 0.15) is 10.5 Å².